The van der Waals surface area contributed by atoms with Crippen molar-refractivity contribution in [3.63, 3.8) is 0 Å². The van der Waals surface area contributed by atoms with E-state index in [1.165, 1.54) is 12.1 Å². The van der Waals surface area contributed by atoms with Gasteiger partial charge in [-0.1, -0.05) is 33.6 Å². The molecule has 0 aliphatic carbocycles. The first kappa shape index (κ1) is 15.5. The first-order chi connectivity index (χ1) is 9.90. The molecule has 108 valence electrons. The third kappa shape index (κ3) is 3.43. The quantitative estimate of drug-likeness (QED) is 0.867. The van der Waals surface area contributed by atoms with E-state index in [0.29, 0.717) is 11.3 Å². The number of primary amides is 1. The highest BCUT2D eigenvalue weighted by Crippen LogP contribution is 2.23. The van der Waals surface area contributed by atoms with Crippen molar-refractivity contribution in [1.29, 1.82) is 0 Å². The van der Waals surface area contributed by atoms with Gasteiger partial charge in [0, 0.05) is 15.7 Å². The molecule has 0 fully saturated rings. The molecule has 0 atom stereocenters. The zero-order valence-corrected chi connectivity index (χ0v) is 13.5. The van der Waals surface area contributed by atoms with E-state index in [1.54, 1.807) is 18.2 Å². The van der Waals surface area contributed by atoms with Crippen LogP contribution in [0.2, 0.25) is 5.02 Å². The number of anilines is 1. The van der Waals surface area contributed by atoms with Gasteiger partial charge in [-0.15, -0.1) is 0 Å². The second kappa shape index (κ2) is 6.28. The van der Waals surface area contributed by atoms with Crippen molar-refractivity contribution in [3.8, 4) is 0 Å². The minimum atomic E-state index is -0.644. The van der Waals surface area contributed by atoms with Gasteiger partial charge in [0.2, 0.25) is 5.91 Å². The zero-order valence-electron chi connectivity index (χ0n) is 11.1. The predicted molar refractivity (Wildman–Crippen MR) is 86.8 cm³/mol. The SMILES string of the molecule is Cc1c(Br)cccc1C(=O)Nc1ccc(Cl)c(C(N)=O)c1. The molecule has 21 heavy (non-hydrogen) atoms. The van der Waals surface area contributed by atoms with Crippen LogP contribution in [0.1, 0.15) is 26.3 Å². The number of hydrogen-bond acceptors (Lipinski definition) is 2. The van der Waals surface area contributed by atoms with Gasteiger partial charge in [-0.2, -0.15) is 0 Å². The van der Waals surface area contributed by atoms with Crippen molar-refractivity contribution >= 4 is 45.0 Å². The Morgan fingerprint density at radius 1 is 1.19 bits per heavy atom. The van der Waals surface area contributed by atoms with Gasteiger partial charge < -0.3 is 11.1 Å². The maximum absolute atomic E-state index is 12.3. The summed E-state index contributed by atoms with van der Waals surface area (Å²) in [6.07, 6.45) is 0. The van der Waals surface area contributed by atoms with E-state index in [0.717, 1.165) is 10.0 Å². The normalized spacial score (nSPS) is 10.2. The largest absolute Gasteiger partial charge is 0.366 e. The topological polar surface area (TPSA) is 72.2 Å². The number of amides is 2. The zero-order chi connectivity index (χ0) is 15.6. The van der Waals surface area contributed by atoms with E-state index in [9.17, 15) is 9.59 Å². The first-order valence-corrected chi connectivity index (χ1v) is 7.23. The highest BCUT2D eigenvalue weighted by atomic mass is 79.9. The lowest BCUT2D eigenvalue weighted by Gasteiger charge is -2.10. The van der Waals surface area contributed by atoms with Crippen LogP contribution in [0, 0.1) is 6.92 Å². The Morgan fingerprint density at radius 2 is 1.90 bits per heavy atom. The molecule has 0 heterocycles. The highest BCUT2D eigenvalue weighted by molar-refractivity contribution is 9.10. The molecule has 2 rings (SSSR count). The summed E-state index contributed by atoms with van der Waals surface area (Å²) < 4.78 is 0.851. The van der Waals surface area contributed by atoms with Crippen molar-refractivity contribution in [2.24, 2.45) is 5.73 Å². The second-order valence-electron chi connectivity index (χ2n) is 4.43. The van der Waals surface area contributed by atoms with Crippen LogP contribution >= 0.6 is 27.5 Å². The van der Waals surface area contributed by atoms with Gasteiger partial charge in [-0.05, 0) is 42.8 Å². The molecule has 0 spiro atoms. The van der Waals surface area contributed by atoms with Gasteiger partial charge >= 0.3 is 0 Å². The van der Waals surface area contributed by atoms with Crippen LogP contribution in [0.3, 0.4) is 0 Å². The highest BCUT2D eigenvalue weighted by Gasteiger charge is 2.13. The van der Waals surface area contributed by atoms with Gasteiger partial charge in [0.15, 0.2) is 0 Å². The minimum Gasteiger partial charge on any atom is -0.366 e. The van der Waals surface area contributed by atoms with E-state index in [-0.39, 0.29) is 16.5 Å². The van der Waals surface area contributed by atoms with Crippen molar-refractivity contribution < 1.29 is 9.59 Å². The molecule has 2 aromatic carbocycles. The third-order valence-electron chi connectivity index (χ3n) is 3.00. The Hall–Kier alpha value is -1.85. The third-order valence-corrected chi connectivity index (χ3v) is 4.19. The Kier molecular flexibility index (Phi) is 4.65. The van der Waals surface area contributed by atoms with Gasteiger partial charge in [0.05, 0.1) is 10.6 Å². The number of nitrogens with one attached hydrogen (secondary N) is 1. The molecule has 0 aliphatic heterocycles. The Morgan fingerprint density at radius 3 is 2.57 bits per heavy atom. The average Bonchev–Trinajstić information content (AvgIpc) is 2.43. The average molecular weight is 368 g/mol. The Labute approximate surface area is 135 Å². The van der Waals surface area contributed by atoms with Gasteiger partial charge in [0.1, 0.15) is 0 Å². The maximum Gasteiger partial charge on any atom is 0.255 e. The lowest BCUT2D eigenvalue weighted by atomic mass is 10.1. The van der Waals surface area contributed by atoms with E-state index in [2.05, 4.69) is 21.2 Å². The number of nitrogens with two attached hydrogens (primary N) is 1. The molecule has 2 aromatic rings. The van der Waals surface area contributed by atoms with Crippen molar-refractivity contribution in [1.82, 2.24) is 0 Å². The van der Waals surface area contributed by atoms with Crippen LogP contribution in [0.5, 0.6) is 0 Å². The summed E-state index contributed by atoms with van der Waals surface area (Å²) in [7, 11) is 0. The number of carbonyl (C=O) groups is 2. The lowest BCUT2D eigenvalue weighted by Crippen LogP contribution is -2.15. The standard InChI is InChI=1S/C15H12BrClN2O2/c1-8-10(3-2-4-12(8)16)15(21)19-9-5-6-13(17)11(7-9)14(18)20/h2-7H,1H3,(H2,18,20)(H,19,21). The molecule has 0 saturated carbocycles. The number of carbonyl (C=O) groups excluding carboxylic acids is 2. The second-order valence-corrected chi connectivity index (χ2v) is 5.69. The summed E-state index contributed by atoms with van der Waals surface area (Å²) in [4.78, 5) is 23.5. The van der Waals surface area contributed by atoms with Crippen molar-refractivity contribution in [2.75, 3.05) is 5.32 Å². The molecule has 3 N–H and O–H groups in total. The van der Waals surface area contributed by atoms with Gasteiger partial charge in [-0.3, -0.25) is 9.59 Å². The molecular weight excluding hydrogens is 356 g/mol. The van der Waals surface area contributed by atoms with Gasteiger partial charge in [-0.25, -0.2) is 0 Å². The van der Waals surface area contributed by atoms with Crippen LogP contribution < -0.4 is 11.1 Å². The van der Waals surface area contributed by atoms with Crippen LogP contribution in [0.4, 0.5) is 5.69 Å². The first-order valence-electron chi connectivity index (χ1n) is 6.06. The number of rotatable bonds is 3. The van der Waals surface area contributed by atoms with Crippen LogP contribution in [0.15, 0.2) is 40.9 Å². The lowest BCUT2D eigenvalue weighted by molar-refractivity contribution is 0.0996. The van der Waals surface area contributed by atoms with E-state index < -0.39 is 5.91 Å². The van der Waals surface area contributed by atoms with Crippen molar-refractivity contribution in [3.05, 3.63) is 62.6 Å². The Balaban J connectivity index is 2.30. The predicted octanol–water partition coefficient (Wildman–Crippen LogP) is 3.76. The minimum absolute atomic E-state index is 0.167. The number of hydrogen-bond donors (Lipinski definition) is 2. The summed E-state index contributed by atoms with van der Waals surface area (Å²) in [5.74, 6) is -0.915. The van der Waals surface area contributed by atoms with Crippen LogP contribution in [-0.4, -0.2) is 11.8 Å². The Bertz CT molecular complexity index is 732. The fourth-order valence-corrected chi connectivity index (χ4v) is 2.42. The summed E-state index contributed by atoms with van der Waals surface area (Å²) in [6, 6.07) is 9.95. The fourth-order valence-electron chi connectivity index (χ4n) is 1.84. The molecule has 0 aliphatic rings. The summed E-state index contributed by atoms with van der Waals surface area (Å²) >= 11 is 9.25. The molecule has 0 radical (unpaired) electrons. The number of halogens is 2. The summed E-state index contributed by atoms with van der Waals surface area (Å²) in [6.45, 7) is 1.84. The summed E-state index contributed by atoms with van der Waals surface area (Å²) in [5.41, 5.74) is 7.22. The van der Waals surface area contributed by atoms with Crippen LogP contribution in [0.25, 0.3) is 0 Å². The van der Waals surface area contributed by atoms with E-state index >= 15 is 0 Å². The molecule has 4 nitrogen and oxygen atoms in total. The molecule has 6 heteroatoms. The van der Waals surface area contributed by atoms with E-state index in [1.807, 2.05) is 13.0 Å². The van der Waals surface area contributed by atoms with Crippen LogP contribution in [-0.2, 0) is 0 Å². The van der Waals surface area contributed by atoms with E-state index in [4.69, 9.17) is 17.3 Å². The monoisotopic (exact) mass is 366 g/mol. The molecule has 0 aromatic heterocycles. The summed E-state index contributed by atoms with van der Waals surface area (Å²) in [5, 5.41) is 2.97. The van der Waals surface area contributed by atoms with Gasteiger partial charge in [0.25, 0.3) is 5.91 Å². The molecule has 0 unspecified atom stereocenters. The van der Waals surface area contributed by atoms with Crippen molar-refractivity contribution in [2.45, 2.75) is 6.92 Å². The molecule has 2 amide bonds. The number of benzene rings is 2. The maximum atomic E-state index is 12.3. The smallest absolute Gasteiger partial charge is 0.255 e. The molecule has 0 saturated heterocycles. The fraction of sp³-hybridized carbons (Fsp3) is 0.0667. The molecule has 0 bridgehead atoms. The molecular formula is C15H12BrClN2O2.